The van der Waals surface area contributed by atoms with Gasteiger partial charge in [0.1, 0.15) is 17.3 Å². The molecular formula is C11H7Cl3N4O. The summed E-state index contributed by atoms with van der Waals surface area (Å²) in [5, 5.41) is 3.17. The highest BCUT2D eigenvalue weighted by Crippen LogP contribution is 2.29. The molecular weight excluding hydrogens is 311 g/mol. The highest BCUT2D eigenvalue weighted by Gasteiger charge is 2.12. The van der Waals surface area contributed by atoms with Gasteiger partial charge in [-0.1, -0.05) is 34.8 Å². The highest BCUT2D eigenvalue weighted by atomic mass is 35.5. The number of nitrogen functional groups attached to an aromatic ring is 1. The van der Waals surface area contributed by atoms with E-state index in [9.17, 15) is 4.79 Å². The van der Waals surface area contributed by atoms with E-state index >= 15 is 0 Å². The Morgan fingerprint density at radius 2 is 1.74 bits per heavy atom. The second kappa shape index (κ2) is 5.61. The van der Waals surface area contributed by atoms with Crippen LogP contribution in [0.3, 0.4) is 0 Å². The van der Waals surface area contributed by atoms with Crippen LogP contribution in [0.4, 0.5) is 11.5 Å². The molecule has 19 heavy (non-hydrogen) atoms. The van der Waals surface area contributed by atoms with Gasteiger partial charge in [-0.25, -0.2) is 9.97 Å². The molecule has 0 atom stereocenters. The first-order chi connectivity index (χ1) is 8.97. The minimum atomic E-state index is -0.432. The van der Waals surface area contributed by atoms with E-state index in [2.05, 4.69) is 15.3 Å². The van der Waals surface area contributed by atoms with Crippen molar-refractivity contribution in [1.29, 1.82) is 0 Å². The van der Waals surface area contributed by atoms with Crippen LogP contribution >= 0.6 is 34.8 Å². The van der Waals surface area contributed by atoms with Crippen molar-refractivity contribution < 1.29 is 4.79 Å². The first-order valence-electron chi connectivity index (χ1n) is 5.01. The molecule has 0 fully saturated rings. The Balaban J connectivity index is 2.25. The van der Waals surface area contributed by atoms with Gasteiger partial charge in [0.25, 0.3) is 5.91 Å². The van der Waals surface area contributed by atoms with Crippen LogP contribution in [0.25, 0.3) is 0 Å². The molecule has 0 aliphatic heterocycles. The maximum absolute atomic E-state index is 12.0. The van der Waals surface area contributed by atoms with E-state index in [1.54, 1.807) is 0 Å². The third-order valence-electron chi connectivity index (χ3n) is 2.22. The Morgan fingerprint density at radius 1 is 1.11 bits per heavy atom. The monoisotopic (exact) mass is 316 g/mol. The lowest BCUT2D eigenvalue weighted by atomic mass is 10.2. The molecule has 2 rings (SSSR count). The molecule has 0 unspecified atom stereocenters. The van der Waals surface area contributed by atoms with Gasteiger partial charge in [-0.05, 0) is 12.1 Å². The standard InChI is InChI=1S/C11H7Cl3N4O/c12-6-1-5(2-7(13)10(6)15)11(19)18-9-3-8(14)16-4-17-9/h1-4H,15H2,(H,16,17,18,19). The van der Waals surface area contributed by atoms with Crippen molar-refractivity contribution >= 4 is 52.2 Å². The third-order valence-corrected chi connectivity index (χ3v) is 3.05. The average molecular weight is 318 g/mol. The second-order valence-electron chi connectivity index (χ2n) is 3.53. The number of aromatic nitrogens is 2. The quantitative estimate of drug-likeness (QED) is 0.658. The Kier molecular flexibility index (Phi) is 4.09. The van der Waals surface area contributed by atoms with E-state index in [-0.39, 0.29) is 32.3 Å². The van der Waals surface area contributed by atoms with Crippen LogP contribution in [0.15, 0.2) is 24.5 Å². The van der Waals surface area contributed by atoms with Gasteiger partial charge >= 0.3 is 0 Å². The molecule has 5 nitrogen and oxygen atoms in total. The van der Waals surface area contributed by atoms with Crippen molar-refractivity contribution in [3.8, 4) is 0 Å². The summed E-state index contributed by atoms with van der Waals surface area (Å²) in [5.41, 5.74) is 6.08. The molecule has 1 aromatic carbocycles. The number of nitrogens with two attached hydrogens (primary N) is 1. The molecule has 0 saturated carbocycles. The summed E-state index contributed by atoms with van der Waals surface area (Å²) < 4.78 is 0. The molecule has 0 spiro atoms. The maximum Gasteiger partial charge on any atom is 0.256 e. The lowest BCUT2D eigenvalue weighted by Gasteiger charge is -2.07. The molecule has 0 aliphatic carbocycles. The number of anilines is 2. The normalized spacial score (nSPS) is 10.3. The van der Waals surface area contributed by atoms with Gasteiger partial charge in [0, 0.05) is 11.6 Å². The van der Waals surface area contributed by atoms with Gasteiger partial charge < -0.3 is 11.1 Å². The van der Waals surface area contributed by atoms with Crippen LogP contribution < -0.4 is 11.1 Å². The molecule has 1 aromatic heterocycles. The Labute approximate surface area is 123 Å². The highest BCUT2D eigenvalue weighted by molar-refractivity contribution is 6.39. The van der Waals surface area contributed by atoms with E-state index in [1.807, 2.05) is 0 Å². The average Bonchev–Trinajstić information content (AvgIpc) is 2.35. The smallest absolute Gasteiger partial charge is 0.256 e. The SMILES string of the molecule is Nc1c(Cl)cc(C(=O)Nc2cc(Cl)ncn2)cc1Cl. The predicted octanol–water partition coefficient (Wildman–Crippen LogP) is 3.27. The zero-order valence-corrected chi connectivity index (χ0v) is 11.6. The number of amides is 1. The molecule has 1 heterocycles. The van der Waals surface area contributed by atoms with Gasteiger partial charge in [0.2, 0.25) is 0 Å². The topological polar surface area (TPSA) is 80.9 Å². The first kappa shape index (κ1) is 13.9. The maximum atomic E-state index is 12.0. The number of hydrogen-bond acceptors (Lipinski definition) is 4. The minimum absolute atomic E-state index is 0.207. The first-order valence-corrected chi connectivity index (χ1v) is 6.14. The van der Waals surface area contributed by atoms with Crippen molar-refractivity contribution in [3.63, 3.8) is 0 Å². The van der Waals surface area contributed by atoms with Gasteiger partial charge in [-0.3, -0.25) is 4.79 Å². The van der Waals surface area contributed by atoms with Gasteiger partial charge in [-0.2, -0.15) is 0 Å². The summed E-state index contributed by atoms with van der Waals surface area (Å²) in [7, 11) is 0. The van der Waals surface area contributed by atoms with E-state index in [1.165, 1.54) is 24.5 Å². The molecule has 0 radical (unpaired) electrons. The van der Waals surface area contributed by atoms with Crippen LogP contribution in [-0.4, -0.2) is 15.9 Å². The lowest BCUT2D eigenvalue weighted by Crippen LogP contribution is -2.13. The van der Waals surface area contributed by atoms with Crippen LogP contribution in [0.1, 0.15) is 10.4 Å². The fraction of sp³-hybridized carbons (Fsp3) is 0. The van der Waals surface area contributed by atoms with Crippen molar-refractivity contribution in [2.24, 2.45) is 0 Å². The van der Waals surface area contributed by atoms with Crippen molar-refractivity contribution in [1.82, 2.24) is 9.97 Å². The molecule has 0 saturated heterocycles. The zero-order valence-electron chi connectivity index (χ0n) is 9.32. The summed E-state index contributed by atoms with van der Waals surface area (Å²) >= 11 is 17.4. The second-order valence-corrected chi connectivity index (χ2v) is 4.74. The molecule has 1 amide bonds. The van der Waals surface area contributed by atoms with Crippen LogP contribution in [-0.2, 0) is 0 Å². The molecule has 98 valence electrons. The van der Waals surface area contributed by atoms with E-state index in [0.29, 0.717) is 0 Å². The molecule has 2 aromatic rings. The fourth-order valence-corrected chi connectivity index (χ4v) is 1.94. The summed E-state index contributed by atoms with van der Waals surface area (Å²) in [6.07, 6.45) is 1.24. The molecule has 0 bridgehead atoms. The summed E-state index contributed by atoms with van der Waals surface area (Å²) in [5.74, 6) is -0.160. The van der Waals surface area contributed by atoms with Gasteiger partial charge in [0.05, 0.1) is 15.7 Å². The number of halogens is 3. The summed E-state index contributed by atoms with van der Waals surface area (Å²) in [4.78, 5) is 19.5. The van der Waals surface area contributed by atoms with Crippen LogP contribution in [0, 0.1) is 0 Å². The van der Waals surface area contributed by atoms with Crippen molar-refractivity contribution in [2.75, 3.05) is 11.1 Å². The number of hydrogen-bond donors (Lipinski definition) is 2. The number of carbonyl (C=O) groups excluding carboxylic acids is 1. The van der Waals surface area contributed by atoms with Crippen LogP contribution in [0.2, 0.25) is 15.2 Å². The minimum Gasteiger partial charge on any atom is -0.396 e. The van der Waals surface area contributed by atoms with E-state index in [4.69, 9.17) is 40.5 Å². The fourth-order valence-electron chi connectivity index (χ4n) is 1.31. The third kappa shape index (κ3) is 3.26. The van der Waals surface area contributed by atoms with E-state index < -0.39 is 5.91 Å². The number of nitrogens with zero attached hydrogens (tertiary/aromatic N) is 2. The van der Waals surface area contributed by atoms with Gasteiger partial charge in [0.15, 0.2) is 0 Å². The molecule has 8 heteroatoms. The Hall–Kier alpha value is -1.56. The number of rotatable bonds is 2. The predicted molar refractivity (Wildman–Crippen MR) is 75.9 cm³/mol. The summed E-state index contributed by atoms with van der Waals surface area (Å²) in [6.45, 7) is 0. The number of carbonyl (C=O) groups is 1. The Morgan fingerprint density at radius 3 is 2.32 bits per heavy atom. The molecule has 0 aliphatic rings. The Bertz CT molecular complexity index is 625. The van der Waals surface area contributed by atoms with Crippen molar-refractivity contribution in [2.45, 2.75) is 0 Å². The number of benzene rings is 1. The van der Waals surface area contributed by atoms with E-state index in [0.717, 1.165) is 0 Å². The lowest BCUT2D eigenvalue weighted by molar-refractivity contribution is 0.102. The summed E-state index contributed by atoms with van der Waals surface area (Å²) in [6, 6.07) is 4.25. The largest absolute Gasteiger partial charge is 0.396 e. The number of nitrogens with one attached hydrogen (secondary N) is 1. The van der Waals surface area contributed by atoms with Crippen molar-refractivity contribution in [3.05, 3.63) is 45.3 Å². The van der Waals surface area contributed by atoms with Gasteiger partial charge in [-0.15, -0.1) is 0 Å². The van der Waals surface area contributed by atoms with Crippen LogP contribution in [0.5, 0.6) is 0 Å². The molecule has 3 N–H and O–H groups in total. The zero-order chi connectivity index (χ0) is 14.0.